The molecule has 6 heteroatoms. The number of nitrogens with zero attached hydrogens (tertiary/aromatic N) is 1. The van der Waals surface area contributed by atoms with E-state index in [9.17, 15) is 12.8 Å². The molecule has 0 radical (unpaired) electrons. The van der Waals surface area contributed by atoms with Crippen molar-refractivity contribution in [2.45, 2.75) is 25.5 Å². The van der Waals surface area contributed by atoms with Gasteiger partial charge in [-0.15, -0.1) is 0 Å². The van der Waals surface area contributed by atoms with Gasteiger partial charge in [0.1, 0.15) is 5.82 Å². The maximum Gasteiger partial charge on any atom is 0.249 e. The molecule has 0 bridgehead atoms. The van der Waals surface area contributed by atoms with Gasteiger partial charge in [0, 0.05) is 0 Å². The van der Waals surface area contributed by atoms with Crippen molar-refractivity contribution < 1.29 is 12.8 Å². The van der Waals surface area contributed by atoms with Crippen LogP contribution in [0, 0.1) is 24.1 Å². The lowest BCUT2D eigenvalue weighted by Crippen LogP contribution is -2.26. The number of anilines is 1. The lowest BCUT2D eigenvalue weighted by atomic mass is 10.2. The van der Waals surface area contributed by atoms with Gasteiger partial charge in [-0.25, -0.2) is 12.8 Å². The summed E-state index contributed by atoms with van der Waals surface area (Å²) in [5, 5.41) is 7.52. The molecular weight excluding hydrogens is 243 g/mol. The Bertz CT molecular complexity index is 549. The molecule has 1 N–H and O–H groups in total. The standard InChI is InChI=1S/C11H13FN2O2S/c1-3-9(7-13)17(15,16)14-11-6-8(2)4-5-10(11)12/h4-6,9,14H,3H2,1-2H3. The van der Waals surface area contributed by atoms with Gasteiger partial charge in [0.25, 0.3) is 0 Å². The van der Waals surface area contributed by atoms with E-state index in [1.54, 1.807) is 19.9 Å². The van der Waals surface area contributed by atoms with E-state index in [0.717, 1.165) is 5.56 Å². The molecule has 0 aliphatic heterocycles. The van der Waals surface area contributed by atoms with Gasteiger partial charge in [0.05, 0.1) is 11.8 Å². The summed E-state index contributed by atoms with van der Waals surface area (Å²) in [6.07, 6.45) is 0.152. The Balaban J connectivity index is 3.06. The Hall–Kier alpha value is -1.61. The first kappa shape index (κ1) is 13.5. The zero-order valence-electron chi connectivity index (χ0n) is 9.57. The minimum Gasteiger partial charge on any atom is -0.279 e. The maximum atomic E-state index is 13.4. The van der Waals surface area contributed by atoms with Crippen LogP contribution in [-0.4, -0.2) is 13.7 Å². The molecular formula is C11H13FN2O2S. The molecule has 1 aromatic carbocycles. The molecule has 1 aromatic rings. The van der Waals surface area contributed by atoms with E-state index in [2.05, 4.69) is 4.72 Å². The highest BCUT2D eigenvalue weighted by Gasteiger charge is 2.24. The monoisotopic (exact) mass is 256 g/mol. The van der Waals surface area contributed by atoms with Gasteiger partial charge in [0.2, 0.25) is 10.0 Å². The largest absolute Gasteiger partial charge is 0.279 e. The lowest BCUT2D eigenvalue weighted by Gasteiger charge is -2.12. The zero-order chi connectivity index (χ0) is 13.1. The third-order valence-electron chi connectivity index (χ3n) is 2.26. The molecule has 1 unspecified atom stereocenters. The van der Waals surface area contributed by atoms with Crippen LogP contribution in [0.4, 0.5) is 10.1 Å². The zero-order valence-corrected chi connectivity index (χ0v) is 10.4. The number of benzene rings is 1. The third-order valence-corrected chi connectivity index (χ3v) is 3.96. The van der Waals surface area contributed by atoms with Crippen LogP contribution >= 0.6 is 0 Å². The fraction of sp³-hybridized carbons (Fsp3) is 0.364. The molecule has 0 heterocycles. The van der Waals surface area contributed by atoms with E-state index in [1.165, 1.54) is 18.2 Å². The van der Waals surface area contributed by atoms with Gasteiger partial charge in [-0.1, -0.05) is 13.0 Å². The number of hydrogen-bond acceptors (Lipinski definition) is 3. The van der Waals surface area contributed by atoms with Crippen LogP contribution in [0.25, 0.3) is 0 Å². The molecule has 1 atom stereocenters. The number of rotatable bonds is 4. The predicted octanol–water partition coefficient (Wildman–Crippen LogP) is 2.18. The molecule has 0 saturated carbocycles. The fourth-order valence-electron chi connectivity index (χ4n) is 1.32. The molecule has 1 rings (SSSR count). The number of hydrogen-bond donors (Lipinski definition) is 1. The summed E-state index contributed by atoms with van der Waals surface area (Å²) in [7, 11) is -3.87. The Labute approximate surface area is 100 Å². The number of halogens is 1. The Kier molecular flexibility index (Phi) is 4.07. The van der Waals surface area contributed by atoms with Crippen LogP contribution in [0.3, 0.4) is 0 Å². The summed E-state index contributed by atoms with van der Waals surface area (Å²) in [6, 6.07) is 5.78. The second-order valence-electron chi connectivity index (χ2n) is 3.66. The summed E-state index contributed by atoms with van der Waals surface area (Å²) in [5.74, 6) is -0.660. The van der Waals surface area contributed by atoms with E-state index >= 15 is 0 Å². The van der Waals surface area contributed by atoms with Crippen molar-refractivity contribution in [2.75, 3.05) is 4.72 Å². The molecule has 0 aromatic heterocycles. The summed E-state index contributed by atoms with van der Waals surface area (Å²) in [6.45, 7) is 3.30. The average Bonchev–Trinajstić information content (AvgIpc) is 2.24. The first-order chi connectivity index (χ1) is 7.90. The van der Waals surface area contributed by atoms with Crippen LogP contribution < -0.4 is 4.72 Å². The molecule has 0 fully saturated rings. The van der Waals surface area contributed by atoms with Gasteiger partial charge in [0.15, 0.2) is 5.25 Å². The highest BCUT2D eigenvalue weighted by atomic mass is 32.2. The normalized spacial score (nSPS) is 12.8. The molecule has 0 spiro atoms. The van der Waals surface area contributed by atoms with Gasteiger partial charge in [-0.2, -0.15) is 5.26 Å². The van der Waals surface area contributed by atoms with Crippen LogP contribution in [-0.2, 0) is 10.0 Å². The number of nitrogens with one attached hydrogen (secondary N) is 1. The molecule has 92 valence electrons. The first-order valence-corrected chi connectivity index (χ1v) is 6.62. The third kappa shape index (κ3) is 3.17. The summed E-state index contributed by atoms with van der Waals surface area (Å²) in [4.78, 5) is 0. The molecule has 4 nitrogen and oxygen atoms in total. The Morgan fingerprint density at radius 1 is 1.53 bits per heavy atom. The van der Waals surface area contributed by atoms with Crippen LogP contribution in [0.1, 0.15) is 18.9 Å². The van der Waals surface area contributed by atoms with Gasteiger partial charge in [-0.3, -0.25) is 4.72 Å². The highest BCUT2D eigenvalue weighted by Crippen LogP contribution is 2.19. The smallest absolute Gasteiger partial charge is 0.249 e. The minimum absolute atomic E-state index is 0.126. The van der Waals surface area contributed by atoms with Gasteiger partial charge < -0.3 is 0 Å². The first-order valence-electron chi connectivity index (χ1n) is 5.08. The molecule has 0 aliphatic carbocycles. The Morgan fingerprint density at radius 3 is 2.71 bits per heavy atom. The van der Waals surface area contributed by atoms with Crippen molar-refractivity contribution in [3.8, 4) is 6.07 Å². The topological polar surface area (TPSA) is 70.0 Å². The van der Waals surface area contributed by atoms with E-state index < -0.39 is 21.1 Å². The van der Waals surface area contributed by atoms with Crippen LogP contribution in [0.15, 0.2) is 18.2 Å². The summed E-state index contributed by atoms with van der Waals surface area (Å²) >= 11 is 0. The van der Waals surface area contributed by atoms with Gasteiger partial charge >= 0.3 is 0 Å². The van der Waals surface area contributed by atoms with E-state index in [0.29, 0.717) is 0 Å². The molecule has 17 heavy (non-hydrogen) atoms. The highest BCUT2D eigenvalue weighted by molar-refractivity contribution is 7.93. The predicted molar refractivity (Wildman–Crippen MR) is 63.4 cm³/mol. The number of aryl methyl sites for hydroxylation is 1. The van der Waals surface area contributed by atoms with E-state index in [-0.39, 0.29) is 12.1 Å². The SMILES string of the molecule is CCC(C#N)S(=O)(=O)Nc1cc(C)ccc1F. The Morgan fingerprint density at radius 2 is 2.18 bits per heavy atom. The molecule has 0 saturated heterocycles. The van der Waals surface area contributed by atoms with Crippen LogP contribution in [0.2, 0.25) is 0 Å². The van der Waals surface area contributed by atoms with Crippen molar-refractivity contribution in [3.05, 3.63) is 29.6 Å². The lowest BCUT2D eigenvalue weighted by molar-refractivity contribution is 0.590. The van der Waals surface area contributed by atoms with Crippen molar-refractivity contribution in [2.24, 2.45) is 0 Å². The summed E-state index contributed by atoms with van der Waals surface area (Å²) in [5.41, 5.74) is 0.604. The second kappa shape index (κ2) is 5.15. The van der Waals surface area contributed by atoms with Crippen molar-refractivity contribution in [3.63, 3.8) is 0 Å². The van der Waals surface area contributed by atoms with Crippen molar-refractivity contribution >= 4 is 15.7 Å². The quantitative estimate of drug-likeness (QED) is 0.897. The molecule has 0 aliphatic rings. The average molecular weight is 256 g/mol. The molecule has 0 amide bonds. The van der Waals surface area contributed by atoms with Gasteiger partial charge in [-0.05, 0) is 31.0 Å². The summed E-state index contributed by atoms with van der Waals surface area (Å²) < 4.78 is 38.9. The van der Waals surface area contributed by atoms with E-state index in [1.807, 2.05) is 0 Å². The van der Waals surface area contributed by atoms with Crippen LogP contribution in [0.5, 0.6) is 0 Å². The second-order valence-corrected chi connectivity index (χ2v) is 5.52. The fourth-order valence-corrected chi connectivity index (χ4v) is 2.50. The minimum atomic E-state index is -3.87. The number of nitriles is 1. The number of sulfonamides is 1. The van der Waals surface area contributed by atoms with Crippen molar-refractivity contribution in [1.82, 2.24) is 0 Å². The van der Waals surface area contributed by atoms with E-state index in [4.69, 9.17) is 5.26 Å². The maximum absolute atomic E-state index is 13.4. The van der Waals surface area contributed by atoms with Crippen molar-refractivity contribution in [1.29, 1.82) is 5.26 Å².